The fourth-order valence-electron chi connectivity index (χ4n) is 1.08. The number of carbonyl (C=O) groups is 1. The van der Waals surface area contributed by atoms with Crippen molar-refractivity contribution in [2.24, 2.45) is 0 Å². The van der Waals surface area contributed by atoms with E-state index in [0.717, 1.165) is 0 Å². The molecule has 0 N–H and O–H groups in total. The lowest BCUT2D eigenvalue weighted by Gasteiger charge is -2.16. The summed E-state index contributed by atoms with van der Waals surface area (Å²) in [4.78, 5) is 12.5. The minimum Gasteiger partial charge on any atom is -0.489 e. The van der Waals surface area contributed by atoms with Crippen LogP contribution in [0.15, 0.2) is 24.3 Å². The summed E-state index contributed by atoms with van der Waals surface area (Å²) in [5, 5.41) is 0. The number of hydrogen-bond acceptors (Lipinski definition) is 2. The lowest BCUT2D eigenvalue weighted by molar-refractivity contribution is -0.127. The molecule has 0 fully saturated rings. The number of halogens is 2. The lowest BCUT2D eigenvalue weighted by Crippen LogP contribution is -2.31. The molecule has 1 rings (SSSR count). The smallest absolute Gasteiger partial charge is 0.237 e. The van der Waals surface area contributed by atoms with E-state index in [-0.39, 0.29) is 24.1 Å². The van der Waals surface area contributed by atoms with Crippen molar-refractivity contribution in [3.05, 3.63) is 30.1 Å². The molecule has 3 nitrogen and oxygen atoms in total. The van der Waals surface area contributed by atoms with Gasteiger partial charge in [0.25, 0.3) is 0 Å². The van der Waals surface area contributed by atoms with Crippen molar-refractivity contribution in [3.63, 3.8) is 0 Å². The maximum Gasteiger partial charge on any atom is 0.237 e. The number of para-hydroxylation sites is 1. The number of benzene rings is 1. The number of alkyl halides is 1. The van der Waals surface area contributed by atoms with Gasteiger partial charge in [-0.05, 0) is 12.1 Å². The van der Waals surface area contributed by atoms with Gasteiger partial charge in [0.15, 0.2) is 11.6 Å². The zero-order valence-electron chi connectivity index (χ0n) is 8.95. The van der Waals surface area contributed by atoms with Crippen LogP contribution in [0.3, 0.4) is 0 Å². The summed E-state index contributed by atoms with van der Waals surface area (Å²) in [5.74, 6) is -0.460. The predicted octanol–water partition coefficient (Wildman–Crippen LogP) is 1.90. The van der Waals surface area contributed by atoms with Crippen LogP contribution in [-0.2, 0) is 4.79 Å². The van der Waals surface area contributed by atoms with Gasteiger partial charge in [0.05, 0.1) is 6.54 Å². The average Bonchev–Trinajstić information content (AvgIpc) is 2.30. The van der Waals surface area contributed by atoms with E-state index >= 15 is 0 Å². The second-order valence-corrected chi connectivity index (χ2v) is 3.50. The van der Waals surface area contributed by atoms with Gasteiger partial charge in [-0.1, -0.05) is 12.1 Å². The summed E-state index contributed by atoms with van der Waals surface area (Å²) >= 11 is 5.38. The number of amides is 1. The molecule has 0 bridgehead atoms. The molecule has 0 aliphatic rings. The number of hydrogen-bond donors (Lipinski definition) is 0. The molecule has 1 aromatic rings. The van der Waals surface area contributed by atoms with Gasteiger partial charge in [0.1, 0.15) is 12.5 Å². The third-order valence-electron chi connectivity index (χ3n) is 2.06. The Labute approximate surface area is 98.8 Å². The minimum atomic E-state index is -0.408. The van der Waals surface area contributed by atoms with Crippen LogP contribution < -0.4 is 4.74 Å². The van der Waals surface area contributed by atoms with E-state index in [4.69, 9.17) is 16.3 Å². The van der Waals surface area contributed by atoms with Gasteiger partial charge < -0.3 is 9.64 Å². The molecular formula is C11H13ClFNO2. The molecule has 1 amide bonds. The van der Waals surface area contributed by atoms with Gasteiger partial charge >= 0.3 is 0 Å². The van der Waals surface area contributed by atoms with E-state index in [1.165, 1.54) is 11.0 Å². The number of likely N-dealkylation sites (N-methyl/N-ethyl adjacent to an activating group) is 1. The third kappa shape index (κ3) is 3.70. The SMILES string of the molecule is CN(CCOc1ccccc1F)C(=O)CCl. The van der Waals surface area contributed by atoms with Crippen molar-refractivity contribution in [2.75, 3.05) is 26.1 Å². The van der Waals surface area contributed by atoms with Gasteiger partial charge in [-0.25, -0.2) is 4.39 Å². The number of rotatable bonds is 5. The molecule has 1 aromatic carbocycles. The number of carbonyl (C=O) groups excluding carboxylic acids is 1. The molecule has 0 heterocycles. The van der Waals surface area contributed by atoms with Crippen LogP contribution >= 0.6 is 11.6 Å². The number of nitrogens with zero attached hydrogens (tertiary/aromatic N) is 1. The molecular weight excluding hydrogens is 233 g/mol. The highest BCUT2D eigenvalue weighted by Crippen LogP contribution is 2.14. The zero-order valence-corrected chi connectivity index (χ0v) is 9.71. The Morgan fingerprint density at radius 2 is 2.19 bits per heavy atom. The van der Waals surface area contributed by atoms with Crippen LogP contribution in [0.4, 0.5) is 4.39 Å². The van der Waals surface area contributed by atoms with Gasteiger partial charge in [-0.2, -0.15) is 0 Å². The monoisotopic (exact) mass is 245 g/mol. The van der Waals surface area contributed by atoms with Crippen molar-refractivity contribution in [1.29, 1.82) is 0 Å². The van der Waals surface area contributed by atoms with E-state index in [1.54, 1.807) is 25.2 Å². The Balaban J connectivity index is 2.36. The predicted molar refractivity (Wildman–Crippen MR) is 60.3 cm³/mol. The van der Waals surface area contributed by atoms with Crippen molar-refractivity contribution in [1.82, 2.24) is 4.90 Å². The maximum absolute atomic E-state index is 13.1. The molecule has 0 saturated carbocycles. The topological polar surface area (TPSA) is 29.5 Å². The summed E-state index contributed by atoms with van der Waals surface area (Å²) in [5.41, 5.74) is 0. The molecule has 0 unspecified atom stereocenters. The largest absolute Gasteiger partial charge is 0.489 e. The summed E-state index contributed by atoms with van der Waals surface area (Å²) in [7, 11) is 1.62. The molecule has 0 aliphatic heterocycles. The maximum atomic E-state index is 13.1. The molecule has 0 aromatic heterocycles. The Morgan fingerprint density at radius 1 is 1.50 bits per heavy atom. The Hall–Kier alpha value is -1.29. The molecule has 16 heavy (non-hydrogen) atoms. The highest BCUT2D eigenvalue weighted by Gasteiger charge is 2.07. The third-order valence-corrected chi connectivity index (χ3v) is 2.29. The second-order valence-electron chi connectivity index (χ2n) is 3.23. The molecule has 88 valence electrons. The first-order valence-corrected chi connectivity index (χ1v) is 5.36. The fraction of sp³-hybridized carbons (Fsp3) is 0.364. The van der Waals surface area contributed by atoms with Gasteiger partial charge in [-0.15, -0.1) is 11.6 Å². The number of ether oxygens (including phenoxy) is 1. The van der Waals surface area contributed by atoms with E-state index in [2.05, 4.69) is 0 Å². The van der Waals surface area contributed by atoms with Crippen LogP contribution in [0.25, 0.3) is 0 Å². The highest BCUT2D eigenvalue weighted by atomic mass is 35.5. The van der Waals surface area contributed by atoms with E-state index in [0.29, 0.717) is 6.54 Å². The van der Waals surface area contributed by atoms with Gasteiger partial charge in [-0.3, -0.25) is 4.79 Å². The van der Waals surface area contributed by atoms with Crippen molar-refractivity contribution < 1.29 is 13.9 Å². The van der Waals surface area contributed by atoms with Crippen LogP contribution in [0.5, 0.6) is 5.75 Å². The minimum absolute atomic E-state index is 0.0593. The first-order valence-electron chi connectivity index (χ1n) is 4.82. The fourth-order valence-corrected chi connectivity index (χ4v) is 1.29. The van der Waals surface area contributed by atoms with Gasteiger partial charge in [0.2, 0.25) is 5.91 Å². The van der Waals surface area contributed by atoms with Crippen LogP contribution in [0, 0.1) is 5.82 Å². The molecule has 0 atom stereocenters. The van der Waals surface area contributed by atoms with Crippen LogP contribution in [0.2, 0.25) is 0 Å². The van der Waals surface area contributed by atoms with Gasteiger partial charge in [0, 0.05) is 7.05 Å². The van der Waals surface area contributed by atoms with E-state index in [1.807, 2.05) is 0 Å². The standard InChI is InChI=1S/C11H13ClFNO2/c1-14(11(15)8-12)6-7-16-10-5-3-2-4-9(10)13/h2-5H,6-8H2,1H3. The summed E-state index contributed by atoms with van der Waals surface area (Å²) in [6.45, 7) is 0.611. The Bertz CT molecular complexity index is 360. The molecule has 0 aliphatic carbocycles. The second kappa shape index (κ2) is 6.33. The molecule has 5 heteroatoms. The average molecular weight is 246 g/mol. The van der Waals surface area contributed by atoms with Crippen LogP contribution in [0.1, 0.15) is 0 Å². The zero-order chi connectivity index (χ0) is 12.0. The first kappa shape index (κ1) is 12.8. The van der Waals surface area contributed by atoms with Crippen LogP contribution in [-0.4, -0.2) is 36.9 Å². The highest BCUT2D eigenvalue weighted by molar-refractivity contribution is 6.27. The summed E-state index contributed by atoms with van der Waals surface area (Å²) in [6, 6.07) is 6.14. The molecule has 0 radical (unpaired) electrons. The summed E-state index contributed by atoms with van der Waals surface area (Å²) in [6.07, 6.45) is 0. The van der Waals surface area contributed by atoms with Crippen molar-refractivity contribution in [2.45, 2.75) is 0 Å². The molecule has 0 spiro atoms. The Kier molecular flexibility index (Phi) is 5.05. The quantitative estimate of drug-likeness (QED) is 0.742. The lowest BCUT2D eigenvalue weighted by atomic mass is 10.3. The normalized spacial score (nSPS) is 9.94. The van der Waals surface area contributed by atoms with E-state index in [9.17, 15) is 9.18 Å². The van der Waals surface area contributed by atoms with E-state index < -0.39 is 5.82 Å². The van der Waals surface area contributed by atoms with Crippen molar-refractivity contribution in [3.8, 4) is 5.75 Å². The first-order chi connectivity index (χ1) is 7.65. The van der Waals surface area contributed by atoms with Crippen molar-refractivity contribution >= 4 is 17.5 Å². The molecule has 0 saturated heterocycles. The Morgan fingerprint density at radius 3 is 2.81 bits per heavy atom. The summed E-state index contributed by atoms with van der Waals surface area (Å²) < 4.78 is 18.3.